The number of nitrogens with zero attached hydrogens (tertiary/aromatic N) is 3. The lowest BCUT2D eigenvalue weighted by Crippen LogP contribution is -2.49. The maximum Gasteiger partial charge on any atom is 0.274 e. The van der Waals surface area contributed by atoms with Crippen molar-refractivity contribution in [1.82, 2.24) is 20.4 Å². The maximum absolute atomic E-state index is 12.8. The fourth-order valence-electron chi connectivity index (χ4n) is 3.41. The molecule has 0 atom stereocenters. The summed E-state index contributed by atoms with van der Waals surface area (Å²) in [6.45, 7) is 4.56. The molecule has 2 N–H and O–H groups in total. The molecular weight excluding hydrogens is 326 g/mol. The summed E-state index contributed by atoms with van der Waals surface area (Å²) in [6, 6.07) is 7.84. The van der Waals surface area contributed by atoms with E-state index in [-0.39, 0.29) is 5.91 Å². The number of anilines is 1. The summed E-state index contributed by atoms with van der Waals surface area (Å²) in [5, 5.41) is 11.4. The van der Waals surface area contributed by atoms with Crippen molar-refractivity contribution in [2.45, 2.75) is 13.0 Å². The van der Waals surface area contributed by atoms with E-state index in [1.165, 1.54) is 0 Å². The third kappa shape index (κ3) is 2.76. The number of hydrogen-bond acceptors (Lipinski definition) is 4. The molecule has 0 spiro atoms. The van der Waals surface area contributed by atoms with E-state index >= 15 is 0 Å². The van der Waals surface area contributed by atoms with Gasteiger partial charge in [-0.15, -0.1) is 0 Å². The van der Waals surface area contributed by atoms with Gasteiger partial charge in [0.1, 0.15) is 0 Å². The number of rotatable bonds is 2. The first-order valence-electron chi connectivity index (χ1n) is 8.29. The van der Waals surface area contributed by atoms with Gasteiger partial charge in [-0.3, -0.25) is 9.89 Å². The minimum Gasteiger partial charge on any atom is -0.367 e. The van der Waals surface area contributed by atoms with Crippen LogP contribution >= 0.6 is 11.6 Å². The molecule has 0 bridgehead atoms. The van der Waals surface area contributed by atoms with Crippen molar-refractivity contribution in [3.05, 3.63) is 46.2 Å². The summed E-state index contributed by atoms with van der Waals surface area (Å²) < 4.78 is 0. The van der Waals surface area contributed by atoms with Crippen LogP contribution < -0.4 is 10.2 Å². The van der Waals surface area contributed by atoms with Crippen LogP contribution in [-0.4, -0.2) is 53.7 Å². The Kier molecular flexibility index (Phi) is 4.16. The van der Waals surface area contributed by atoms with E-state index in [4.69, 9.17) is 11.6 Å². The molecule has 1 aromatic heterocycles. The third-order valence-corrected chi connectivity index (χ3v) is 5.09. The summed E-state index contributed by atoms with van der Waals surface area (Å²) in [4.78, 5) is 16.9. The molecule has 0 saturated carbocycles. The molecule has 0 aliphatic carbocycles. The Hall–Kier alpha value is -2.05. The van der Waals surface area contributed by atoms with Gasteiger partial charge in [0.25, 0.3) is 5.91 Å². The molecule has 7 heteroatoms. The monoisotopic (exact) mass is 345 g/mol. The van der Waals surface area contributed by atoms with Crippen molar-refractivity contribution in [3.63, 3.8) is 0 Å². The quantitative estimate of drug-likeness (QED) is 0.869. The van der Waals surface area contributed by atoms with Gasteiger partial charge >= 0.3 is 0 Å². The van der Waals surface area contributed by atoms with E-state index in [2.05, 4.69) is 20.4 Å². The highest BCUT2D eigenvalue weighted by Gasteiger charge is 2.28. The Morgan fingerprint density at radius 1 is 1.17 bits per heavy atom. The Labute approximate surface area is 145 Å². The SMILES string of the molecule is O=C(c1n[nH]c2c1CNCC2)N1CCN(c2ccccc2Cl)CC1. The molecule has 1 amide bonds. The number of nitrogens with one attached hydrogen (secondary N) is 2. The van der Waals surface area contributed by atoms with Crippen LogP contribution in [0, 0.1) is 0 Å². The van der Waals surface area contributed by atoms with Crippen LogP contribution in [0.4, 0.5) is 5.69 Å². The van der Waals surface area contributed by atoms with Crippen LogP contribution in [0.25, 0.3) is 0 Å². The lowest BCUT2D eigenvalue weighted by Gasteiger charge is -2.36. The minimum atomic E-state index is 0.0232. The topological polar surface area (TPSA) is 64.3 Å². The number of H-pyrrole nitrogens is 1. The van der Waals surface area contributed by atoms with Crippen molar-refractivity contribution in [2.24, 2.45) is 0 Å². The first-order chi connectivity index (χ1) is 11.7. The lowest BCUT2D eigenvalue weighted by atomic mass is 10.1. The van der Waals surface area contributed by atoms with Crippen LogP contribution in [-0.2, 0) is 13.0 Å². The van der Waals surface area contributed by atoms with Crippen LogP contribution in [0.15, 0.2) is 24.3 Å². The van der Waals surface area contributed by atoms with Gasteiger partial charge < -0.3 is 15.1 Å². The van der Waals surface area contributed by atoms with Crippen molar-refractivity contribution >= 4 is 23.2 Å². The number of aromatic amines is 1. The number of amides is 1. The number of benzene rings is 1. The van der Waals surface area contributed by atoms with Gasteiger partial charge in [0.2, 0.25) is 0 Å². The van der Waals surface area contributed by atoms with E-state index in [1.54, 1.807) is 0 Å². The minimum absolute atomic E-state index is 0.0232. The van der Waals surface area contributed by atoms with E-state index in [1.807, 2.05) is 29.2 Å². The predicted molar refractivity (Wildman–Crippen MR) is 93.6 cm³/mol. The Bertz CT molecular complexity index is 751. The zero-order valence-corrected chi connectivity index (χ0v) is 14.1. The number of hydrogen-bond donors (Lipinski definition) is 2. The Morgan fingerprint density at radius 2 is 1.96 bits per heavy atom. The third-order valence-electron chi connectivity index (χ3n) is 4.77. The predicted octanol–water partition coefficient (Wildman–Crippen LogP) is 1.67. The number of para-hydroxylation sites is 1. The van der Waals surface area contributed by atoms with E-state index < -0.39 is 0 Å². The van der Waals surface area contributed by atoms with Crippen molar-refractivity contribution in [1.29, 1.82) is 0 Å². The van der Waals surface area contributed by atoms with Crippen LogP contribution in [0.2, 0.25) is 5.02 Å². The second kappa shape index (κ2) is 6.45. The van der Waals surface area contributed by atoms with Gasteiger partial charge in [0.05, 0.1) is 10.7 Å². The van der Waals surface area contributed by atoms with Gasteiger partial charge in [-0.05, 0) is 12.1 Å². The number of fused-ring (bicyclic) bond motifs is 1. The fourth-order valence-corrected chi connectivity index (χ4v) is 3.67. The highest BCUT2D eigenvalue weighted by molar-refractivity contribution is 6.33. The average Bonchev–Trinajstić information content (AvgIpc) is 3.06. The molecule has 0 unspecified atom stereocenters. The smallest absolute Gasteiger partial charge is 0.274 e. The molecule has 1 saturated heterocycles. The number of carbonyl (C=O) groups excluding carboxylic acids is 1. The number of halogens is 1. The zero-order chi connectivity index (χ0) is 16.5. The number of piperazine rings is 1. The first-order valence-corrected chi connectivity index (χ1v) is 8.67. The molecule has 2 aliphatic rings. The fraction of sp³-hybridized carbons (Fsp3) is 0.412. The van der Waals surface area contributed by atoms with E-state index in [9.17, 15) is 4.79 Å². The second-order valence-electron chi connectivity index (χ2n) is 6.19. The summed E-state index contributed by atoms with van der Waals surface area (Å²) in [5.74, 6) is 0.0232. The number of carbonyl (C=O) groups is 1. The molecule has 4 rings (SSSR count). The summed E-state index contributed by atoms with van der Waals surface area (Å²) in [6.07, 6.45) is 0.899. The molecule has 1 aromatic carbocycles. The first kappa shape index (κ1) is 15.5. The van der Waals surface area contributed by atoms with Crippen LogP contribution in [0.1, 0.15) is 21.7 Å². The van der Waals surface area contributed by atoms with Gasteiger partial charge in [-0.2, -0.15) is 5.10 Å². The Balaban J connectivity index is 1.45. The molecule has 6 nitrogen and oxygen atoms in total. The van der Waals surface area contributed by atoms with Gasteiger partial charge in [0, 0.05) is 56.9 Å². The van der Waals surface area contributed by atoms with Gasteiger partial charge in [0.15, 0.2) is 5.69 Å². The van der Waals surface area contributed by atoms with Crippen molar-refractivity contribution in [2.75, 3.05) is 37.6 Å². The lowest BCUT2D eigenvalue weighted by molar-refractivity contribution is 0.0739. The van der Waals surface area contributed by atoms with Gasteiger partial charge in [-0.1, -0.05) is 23.7 Å². The summed E-state index contributed by atoms with van der Waals surface area (Å²) in [7, 11) is 0. The maximum atomic E-state index is 12.8. The molecule has 2 aromatic rings. The zero-order valence-electron chi connectivity index (χ0n) is 13.4. The van der Waals surface area contributed by atoms with Crippen LogP contribution in [0.3, 0.4) is 0 Å². The average molecular weight is 346 g/mol. The molecule has 126 valence electrons. The van der Waals surface area contributed by atoms with Crippen molar-refractivity contribution in [3.8, 4) is 0 Å². The number of aromatic nitrogens is 2. The standard InChI is InChI=1S/C17H20ClN5O/c18-13-3-1-2-4-15(13)22-7-9-23(10-8-22)17(24)16-12-11-19-6-5-14(12)20-21-16/h1-4,19H,5-11H2,(H,20,21). The highest BCUT2D eigenvalue weighted by Crippen LogP contribution is 2.26. The summed E-state index contributed by atoms with van der Waals surface area (Å²) >= 11 is 6.27. The van der Waals surface area contributed by atoms with Crippen LogP contribution in [0.5, 0.6) is 0 Å². The molecule has 24 heavy (non-hydrogen) atoms. The normalized spacial score (nSPS) is 17.7. The summed E-state index contributed by atoms with van der Waals surface area (Å²) in [5.41, 5.74) is 3.72. The molecular formula is C17H20ClN5O. The van der Waals surface area contributed by atoms with E-state index in [0.29, 0.717) is 25.3 Å². The molecule has 0 radical (unpaired) electrons. The molecule has 3 heterocycles. The Morgan fingerprint density at radius 3 is 2.75 bits per heavy atom. The molecule has 2 aliphatic heterocycles. The van der Waals surface area contributed by atoms with E-state index in [0.717, 1.165) is 48.0 Å². The molecule has 1 fully saturated rings. The largest absolute Gasteiger partial charge is 0.367 e. The highest BCUT2D eigenvalue weighted by atomic mass is 35.5. The second-order valence-corrected chi connectivity index (χ2v) is 6.59. The van der Waals surface area contributed by atoms with Crippen molar-refractivity contribution < 1.29 is 4.79 Å². The van der Waals surface area contributed by atoms with Gasteiger partial charge in [-0.25, -0.2) is 0 Å².